The molecule has 1 N–H and O–H groups in total. The molecule has 4 rings (SSSR count). The van der Waals surface area contributed by atoms with Crippen LogP contribution in [0.2, 0.25) is 0 Å². The molecule has 4 atom stereocenters. The molecule has 3 nitrogen and oxygen atoms in total. The predicted molar refractivity (Wildman–Crippen MR) is 86.4 cm³/mol. The summed E-state index contributed by atoms with van der Waals surface area (Å²) < 4.78 is 0. The Morgan fingerprint density at radius 1 is 1.05 bits per heavy atom. The van der Waals surface area contributed by atoms with E-state index in [2.05, 4.69) is 52.4 Å². The summed E-state index contributed by atoms with van der Waals surface area (Å²) in [6.45, 7) is 7.26. The summed E-state index contributed by atoms with van der Waals surface area (Å²) in [5.41, 5.74) is 1.48. The van der Waals surface area contributed by atoms with E-state index in [1.165, 1.54) is 44.5 Å². The van der Waals surface area contributed by atoms with Gasteiger partial charge in [-0.05, 0) is 38.3 Å². The summed E-state index contributed by atoms with van der Waals surface area (Å²) in [4.78, 5) is 5.56. The van der Waals surface area contributed by atoms with Crippen LogP contribution in [-0.2, 0) is 0 Å². The zero-order valence-electron chi connectivity index (χ0n) is 13.0. The molecule has 3 fully saturated rings. The van der Waals surface area contributed by atoms with Gasteiger partial charge in [-0.1, -0.05) is 30.3 Å². The fourth-order valence-corrected chi connectivity index (χ4v) is 4.73. The number of rotatable bonds is 2. The van der Waals surface area contributed by atoms with E-state index in [0.717, 1.165) is 18.6 Å². The molecule has 3 heteroatoms. The maximum absolute atomic E-state index is 3.69. The molecule has 3 aliphatic rings. The first-order valence-corrected chi connectivity index (χ1v) is 8.61. The van der Waals surface area contributed by atoms with E-state index in [9.17, 15) is 0 Å². The largest absolute Gasteiger partial charge is 0.311 e. The van der Waals surface area contributed by atoms with Crippen molar-refractivity contribution in [2.75, 3.05) is 26.2 Å². The second-order valence-electron chi connectivity index (χ2n) is 7.03. The van der Waals surface area contributed by atoms with Gasteiger partial charge in [-0.25, -0.2) is 0 Å². The van der Waals surface area contributed by atoms with Crippen molar-refractivity contribution in [2.24, 2.45) is 0 Å². The van der Waals surface area contributed by atoms with E-state index in [0.29, 0.717) is 12.1 Å². The Hall–Kier alpha value is -0.900. The first-order valence-electron chi connectivity index (χ1n) is 8.61. The quantitative estimate of drug-likeness (QED) is 0.899. The summed E-state index contributed by atoms with van der Waals surface area (Å²) >= 11 is 0. The summed E-state index contributed by atoms with van der Waals surface area (Å²) in [7, 11) is 0. The normalized spacial score (nSPS) is 37.8. The van der Waals surface area contributed by atoms with Crippen LogP contribution in [0.5, 0.6) is 0 Å². The molecule has 0 aromatic heterocycles. The van der Waals surface area contributed by atoms with Gasteiger partial charge in [-0.15, -0.1) is 0 Å². The van der Waals surface area contributed by atoms with Gasteiger partial charge in [0, 0.05) is 43.8 Å². The van der Waals surface area contributed by atoms with Crippen LogP contribution in [0.25, 0.3) is 0 Å². The standard InChI is InChI=1S/C18H27N3/c1-14-13-21(17-9-11-20-10-5-8-16(17)20)18(12-19-14)15-6-3-2-4-7-15/h2-4,6-7,14,16-19H,5,8-13H2,1H3. The molecule has 3 heterocycles. The minimum Gasteiger partial charge on any atom is -0.311 e. The van der Waals surface area contributed by atoms with Crippen LogP contribution in [0.15, 0.2) is 30.3 Å². The Balaban J connectivity index is 1.60. The fraction of sp³-hybridized carbons (Fsp3) is 0.667. The maximum atomic E-state index is 3.69. The summed E-state index contributed by atoms with van der Waals surface area (Å²) in [5, 5.41) is 3.69. The number of nitrogens with one attached hydrogen (secondary N) is 1. The van der Waals surface area contributed by atoms with Gasteiger partial charge < -0.3 is 5.32 Å². The van der Waals surface area contributed by atoms with Crippen molar-refractivity contribution in [2.45, 2.75) is 50.4 Å². The second kappa shape index (κ2) is 5.71. The fourth-order valence-electron chi connectivity index (χ4n) is 4.73. The van der Waals surface area contributed by atoms with Crippen LogP contribution < -0.4 is 5.32 Å². The van der Waals surface area contributed by atoms with Gasteiger partial charge in [0.25, 0.3) is 0 Å². The van der Waals surface area contributed by atoms with E-state index in [1.807, 2.05) is 0 Å². The number of piperazine rings is 1. The molecular formula is C18H27N3. The number of hydrogen-bond acceptors (Lipinski definition) is 3. The lowest BCUT2D eigenvalue weighted by molar-refractivity contribution is 0.0691. The average molecular weight is 285 g/mol. The molecule has 21 heavy (non-hydrogen) atoms. The van der Waals surface area contributed by atoms with Crippen LogP contribution in [0.3, 0.4) is 0 Å². The van der Waals surface area contributed by atoms with Crippen molar-refractivity contribution in [1.29, 1.82) is 0 Å². The third-order valence-electron chi connectivity index (χ3n) is 5.73. The zero-order chi connectivity index (χ0) is 14.2. The number of nitrogens with zero attached hydrogens (tertiary/aromatic N) is 2. The number of fused-ring (bicyclic) bond motifs is 1. The van der Waals surface area contributed by atoms with Crippen molar-refractivity contribution in [3.63, 3.8) is 0 Å². The Kier molecular flexibility index (Phi) is 3.74. The summed E-state index contributed by atoms with van der Waals surface area (Å²) in [6.07, 6.45) is 4.17. The molecule has 0 saturated carbocycles. The van der Waals surface area contributed by atoms with Gasteiger partial charge in [0.1, 0.15) is 0 Å². The summed E-state index contributed by atoms with van der Waals surface area (Å²) in [5.74, 6) is 0. The van der Waals surface area contributed by atoms with Crippen LogP contribution in [-0.4, -0.2) is 54.1 Å². The van der Waals surface area contributed by atoms with E-state index in [4.69, 9.17) is 0 Å². The minimum atomic E-state index is 0.549. The van der Waals surface area contributed by atoms with Crippen molar-refractivity contribution >= 4 is 0 Å². The molecule has 1 aromatic rings. The third kappa shape index (κ3) is 2.52. The van der Waals surface area contributed by atoms with Crippen LogP contribution in [0, 0.1) is 0 Å². The highest BCUT2D eigenvalue weighted by Crippen LogP contribution is 2.36. The van der Waals surface area contributed by atoms with Gasteiger partial charge in [0.2, 0.25) is 0 Å². The Morgan fingerprint density at radius 2 is 1.90 bits per heavy atom. The maximum Gasteiger partial charge on any atom is 0.0477 e. The monoisotopic (exact) mass is 285 g/mol. The third-order valence-corrected chi connectivity index (χ3v) is 5.73. The van der Waals surface area contributed by atoms with Gasteiger partial charge in [-0.3, -0.25) is 9.80 Å². The SMILES string of the molecule is CC1CN(C2CCN3CCCC23)C(c2ccccc2)CN1. The minimum absolute atomic E-state index is 0.549. The molecule has 0 bridgehead atoms. The van der Waals surface area contributed by atoms with Crippen molar-refractivity contribution in [1.82, 2.24) is 15.1 Å². The molecule has 0 radical (unpaired) electrons. The number of hydrogen-bond donors (Lipinski definition) is 1. The first-order chi connectivity index (χ1) is 10.3. The molecule has 1 aromatic carbocycles. The lowest BCUT2D eigenvalue weighted by Gasteiger charge is -2.44. The molecule has 0 aliphatic carbocycles. The van der Waals surface area contributed by atoms with E-state index >= 15 is 0 Å². The van der Waals surface area contributed by atoms with E-state index in [1.54, 1.807) is 0 Å². The zero-order valence-corrected chi connectivity index (χ0v) is 13.0. The lowest BCUT2D eigenvalue weighted by Crippen LogP contribution is -2.56. The Labute approximate surface area is 128 Å². The molecule has 114 valence electrons. The Bertz CT molecular complexity index is 475. The van der Waals surface area contributed by atoms with Gasteiger partial charge in [0.05, 0.1) is 0 Å². The first kappa shape index (κ1) is 13.7. The highest BCUT2D eigenvalue weighted by molar-refractivity contribution is 5.21. The smallest absolute Gasteiger partial charge is 0.0477 e. The lowest BCUT2D eigenvalue weighted by atomic mass is 9.95. The molecular weight excluding hydrogens is 258 g/mol. The highest BCUT2D eigenvalue weighted by Gasteiger charge is 2.43. The molecule has 4 unspecified atom stereocenters. The predicted octanol–water partition coefficient (Wildman–Crippen LogP) is 2.26. The van der Waals surface area contributed by atoms with Crippen LogP contribution in [0.4, 0.5) is 0 Å². The van der Waals surface area contributed by atoms with Crippen LogP contribution in [0.1, 0.15) is 37.8 Å². The van der Waals surface area contributed by atoms with E-state index in [-0.39, 0.29) is 0 Å². The van der Waals surface area contributed by atoms with E-state index < -0.39 is 0 Å². The second-order valence-corrected chi connectivity index (χ2v) is 7.03. The number of benzene rings is 1. The van der Waals surface area contributed by atoms with Crippen molar-refractivity contribution in [3.8, 4) is 0 Å². The van der Waals surface area contributed by atoms with Crippen molar-refractivity contribution < 1.29 is 0 Å². The molecule has 3 saturated heterocycles. The molecule has 0 amide bonds. The van der Waals surface area contributed by atoms with Crippen molar-refractivity contribution in [3.05, 3.63) is 35.9 Å². The topological polar surface area (TPSA) is 18.5 Å². The summed E-state index contributed by atoms with van der Waals surface area (Å²) in [6, 6.07) is 13.8. The Morgan fingerprint density at radius 3 is 2.76 bits per heavy atom. The van der Waals surface area contributed by atoms with Crippen LogP contribution >= 0.6 is 0 Å². The highest BCUT2D eigenvalue weighted by atomic mass is 15.3. The van der Waals surface area contributed by atoms with Gasteiger partial charge in [-0.2, -0.15) is 0 Å². The molecule has 3 aliphatic heterocycles. The van der Waals surface area contributed by atoms with Gasteiger partial charge in [0.15, 0.2) is 0 Å². The average Bonchev–Trinajstić information content (AvgIpc) is 3.11. The molecule has 0 spiro atoms. The van der Waals surface area contributed by atoms with Gasteiger partial charge >= 0.3 is 0 Å².